The molecule has 1 N–H and O–H groups in total. The second-order valence-electron chi connectivity index (χ2n) is 7.32. The largest absolute Gasteiger partial charge is 0.492 e. The summed E-state index contributed by atoms with van der Waals surface area (Å²) in [6, 6.07) is 7.49. The summed E-state index contributed by atoms with van der Waals surface area (Å²) in [7, 11) is 0. The van der Waals surface area contributed by atoms with E-state index in [1.807, 2.05) is 42.3 Å². The minimum atomic E-state index is -0.0662. The van der Waals surface area contributed by atoms with E-state index < -0.39 is 0 Å². The van der Waals surface area contributed by atoms with Crippen LogP contribution in [0.3, 0.4) is 0 Å². The number of carbonyl (C=O) groups excluding carboxylic acids is 1. The first-order valence-corrected chi connectivity index (χ1v) is 10.1. The van der Waals surface area contributed by atoms with Gasteiger partial charge in [-0.15, -0.1) is 0 Å². The third-order valence-electron chi connectivity index (χ3n) is 5.01. The zero-order chi connectivity index (χ0) is 19.9. The van der Waals surface area contributed by atoms with Gasteiger partial charge in [0.25, 0.3) is 0 Å². The monoisotopic (exact) mass is 385 g/mol. The van der Waals surface area contributed by atoms with Crippen molar-refractivity contribution in [2.24, 2.45) is 0 Å². The van der Waals surface area contributed by atoms with Crippen LogP contribution in [0.1, 0.15) is 32.5 Å². The van der Waals surface area contributed by atoms with Crippen LogP contribution in [0.25, 0.3) is 0 Å². The molecule has 0 unspecified atom stereocenters. The molecule has 2 aromatic rings. The highest BCUT2D eigenvalue weighted by atomic mass is 16.5. The highest BCUT2D eigenvalue weighted by Gasteiger charge is 2.22. The summed E-state index contributed by atoms with van der Waals surface area (Å²) in [4.78, 5) is 21.3. The molecule has 28 heavy (non-hydrogen) atoms. The Morgan fingerprint density at radius 3 is 2.64 bits per heavy atom. The molecule has 1 aromatic heterocycles. The number of piperazine rings is 1. The topological polar surface area (TPSA) is 62.6 Å². The third kappa shape index (κ3) is 5.04. The van der Waals surface area contributed by atoms with E-state index in [1.165, 1.54) is 0 Å². The first kappa shape index (κ1) is 20.2. The Bertz CT molecular complexity index is 766. The van der Waals surface area contributed by atoms with Gasteiger partial charge in [-0.25, -0.2) is 9.78 Å². The van der Waals surface area contributed by atoms with Crippen molar-refractivity contribution in [3.63, 3.8) is 0 Å². The molecule has 2 heterocycles. The van der Waals surface area contributed by atoms with Crippen molar-refractivity contribution in [2.45, 2.75) is 33.2 Å². The molecule has 152 valence electrons. The van der Waals surface area contributed by atoms with Crippen molar-refractivity contribution in [3.05, 3.63) is 42.5 Å². The molecule has 0 radical (unpaired) electrons. The number of carbonyl (C=O) groups is 1. The van der Waals surface area contributed by atoms with Crippen LogP contribution in [-0.2, 0) is 6.54 Å². The van der Waals surface area contributed by atoms with E-state index in [-0.39, 0.29) is 6.03 Å². The lowest BCUT2D eigenvalue weighted by Gasteiger charge is -2.34. The number of nitrogens with one attached hydrogen (secondary N) is 1. The van der Waals surface area contributed by atoms with Gasteiger partial charge in [-0.05, 0) is 19.1 Å². The summed E-state index contributed by atoms with van der Waals surface area (Å²) in [6.07, 6.45) is 3.92. The number of para-hydroxylation sites is 2. The van der Waals surface area contributed by atoms with E-state index in [2.05, 4.69) is 39.8 Å². The highest BCUT2D eigenvalue weighted by molar-refractivity contribution is 5.91. The number of urea groups is 1. The predicted molar refractivity (Wildman–Crippen MR) is 111 cm³/mol. The van der Waals surface area contributed by atoms with E-state index >= 15 is 0 Å². The van der Waals surface area contributed by atoms with Gasteiger partial charge in [0.05, 0.1) is 12.3 Å². The SMILES string of the molecule is CCOc1ccccc1NC(=O)N1CCN(CCn2ccnc2C(C)C)CC1. The predicted octanol–water partition coefficient (Wildman–Crippen LogP) is 3.25. The zero-order valence-electron chi connectivity index (χ0n) is 17.1. The minimum Gasteiger partial charge on any atom is -0.492 e. The van der Waals surface area contributed by atoms with Gasteiger partial charge in [-0.2, -0.15) is 0 Å². The fraction of sp³-hybridized carbons (Fsp3) is 0.524. The third-order valence-corrected chi connectivity index (χ3v) is 5.01. The van der Waals surface area contributed by atoms with Crippen LogP contribution in [-0.4, -0.2) is 64.7 Å². The van der Waals surface area contributed by atoms with Gasteiger partial charge >= 0.3 is 6.03 Å². The molecule has 1 fully saturated rings. The standard InChI is InChI=1S/C21H31N5O2/c1-4-28-19-8-6-5-7-18(19)23-21(27)26-15-12-24(13-16-26)11-14-25-10-9-22-20(25)17(2)3/h5-10,17H,4,11-16H2,1-3H3,(H,23,27). The van der Waals surface area contributed by atoms with Gasteiger partial charge in [0.2, 0.25) is 0 Å². The summed E-state index contributed by atoms with van der Waals surface area (Å²) in [5, 5.41) is 2.99. The minimum absolute atomic E-state index is 0.0662. The summed E-state index contributed by atoms with van der Waals surface area (Å²) in [5.41, 5.74) is 0.720. The van der Waals surface area contributed by atoms with E-state index in [4.69, 9.17) is 4.74 Å². The Morgan fingerprint density at radius 1 is 1.18 bits per heavy atom. The quantitative estimate of drug-likeness (QED) is 0.795. The van der Waals surface area contributed by atoms with Gasteiger partial charge in [-0.1, -0.05) is 26.0 Å². The average Bonchev–Trinajstić information content (AvgIpc) is 3.17. The van der Waals surface area contributed by atoms with Crippen LogP contribution in [0.2, 0.25) is 0 Å². The summed E-state index contributed by atoms with van der Waals surface area (Å²) in [5.74, 6) is 2.26. The van der Waals surface area contributed by atoms with Crippen LogP contribution in [0.5, 0.6) is 5.75 Å². The van der Waals surface area contributed by atoms with Crippen molar-refractivity contribution >= 4 is 11.7 Å². The fourth-order valence-electron chi connectivity index (χ4n) is 3.48. The van der Waals surface area contributed by atoms with Crippen LogP contribution < -0.4 is 10.1 Å². The van der Waals surface area contributed by atoms with Crippen molar-refractivity contribution in [1.29, 1.82) is 0 Å². The van der Waals surface area contributed by atoms with Crippen molar-refractivity contribution in [1.82, 2.24) is 19.4 Å². The Hall–Kier alpha value is -2.54. The maximum absolute atomic E-state index is 12.6. The molecule has 1 aromatic carbocycles. The lowest BCUT2D eigenvalue weighted by atomic mass is 10.2. The molecular weight excluding hydrogens is 354 g/mol. The number of benzene rings is 1. The Labute approximate surface area is 167 Å². The maximum atomic E-state index is 12.6. The maximum Gasteiger partial charge on any atom is 0.322 e. The number of amides is 2. The second kappa shape index (κ2) is 9.59. The van der Waals surface area contributed by atoms with Crippen LogP contribution >= 0.6 is 0 Å². The van der Waals surface area contributed by atoms with Gasteiger partial charge in [0, 0.05) is 57.6 Å². The average molecular weight is 386 g/mol. The molecule has 0 bridgehead atoms. The second-order valence-corrected chi connectivity index (χ2v) is 7.32. The zero-order valence-corrected chi connectivity index (χ0v) is 17.1. The number of imidazole rings is 1. The van der Waals surface area contributed by atoms with Crippen LogP contribution in [0.15, 0.2) is 36.7 Å². The summed E-state index contributed by atoms with van der Waals surface area (Å²) < 4.78 is 7.82. The van der Waals surface area contributed by atoms with E-state index in [1.54, 1.807) is 0 Å². The van der Waals surface area contributed by atoms with Gasteiger partial charge in [-0.3, -0.25) is 4.90 Å². The molecule has 2 amide bonds. The number of hydrogen-bond donors (Lipinski definition) is 1. The van der Waals surface area contributed by atoms with Gasteiger partial charge in [0.15, 0.2) is 0 Å². The molecule has 1 aliphatic rings. The molecule has 1 saturated heterocycles. The van der Waals surface area contributed by atoms with Crippen molar-refractivity contribution < 1.29 is 9.53 Å². The number of ether oxygens (including phenoxy) is 1. The van der Waals surface area contributed by atoms with Crippen molar-refractivity contribution in [3.8, 4) is 5.75 Å². The Balaban J connectivity index is 1.47. The molecule has 0 saturated carbocycles. The smallest absolute Gasteiger partial charge is 0.322 e. The van der Waals surface area contributed by atoms with E-state index in [0.29, 0.717) is 18.3 Å². The van der Waals surface area contributed by atoms with Gasteiger partial charge < -0.3 is 19.5 Å². The Kier molecular flexibility index (Phi) is 6.92. The number of anilines is 1. The van der Waals surface area contributed by atoms with E-state index in [0.717, 1.165) is 50.8 Å². The number of hydrogen-bond acceptors (Lipinski definition) is 4. The lowest BCUT2D eigenvalue weighted by Crippen LogP contribution is -2.50. The van der Waals surface area contributed by atoms with E-state index in [9.17, 15) is 4.79 Å². The molecule has 3 rings (SSSR count). The summed E-state index contributed by atoms with van der Waals surface area (Å²) >= 11 is 0. The van der Waals surface area contributed by atoms with Crippen LogP contribution in [0.4, 0.5) is 10.5 Å². The first-order chi connectivity index (χ1) is 13.6. The molecule has 0 aliphatic carbocycles. The van der Waals surface area contributed by atoms with Gasteiger partial charge in [0.1, 0.15) is 11.6 Å². The molecule has 7 heteroatoms. The molecular formula is C21H31N5O2. The first-order valence-electron chi connectivity index (χ1n) is 10.1. The normalized spacial score (nSPS) is 15.1. The number of aromatic nitrogens is 2. The van der Waals surface area contributed by atoms with Crippen LogP contribution in [0, 0.1) is 0 Å². The van der Waals surface area contributed by atoms with Crippen molar-refractivity contribution in [2.75, 3.05) is 44.6 Å². The number of nitrogens with zero attached hydrogens (tertiary/aromatic N) is 4. The molecule has 0 spiro atoms. The summed E-state index contributed by atoms with van der Waals surface area (Å²) in [6.45, 7) is 12.0. The molecule has 7 nitrogen and oxygen atoms in total. The highest BCUT2D eigenvalue weighted by Crippen LogP contribution is 2.24. The molecule has 0 atom stereocenters. The Morgan fingerprint density at radius 2 is 1.93 bits per heavy atom. The lowest BCUT2D eigenvalue weighted by molar-refractivity contribution is 0.144. The fourth-order valence-corrected chi connectivity index (χ4v) is 3.48. The number of rotatable bonds is 7. The molecule has 1 aliphatic heterocycles.